The number of ether oxygens (including phenoxy) is 1. The van der Waals surface area contributed by atoms with Crippen molar-refractivity contribution in [3.8, 4) is 5.75 Å². The number of hydrogen-bond donors (Lipinski definition) is 1. The summed E-state index contributed by atoms with van der Waals surface area (Å²) in [5, 5.41) is 0.0739. The number of benzene rings is 1. The van der Waals surface area contributed by atoms with Gasteiger partial charge in [0.15, 0.2) is 11.6 Å². The monoisotopic (exact) mass is 292 g/mol. The van der Waals surface area contributed by atoms with Crippen LogP contribution in [0.1, 0.15) is 24.2 Å². The molecule has 1 aromatic carbocycles. The van der Waals surface area contributed by atoms with Crippen LogP contribution in [0, 0.1) is 5.82 Å². The number of methoxy groups -OCH3 is 1. The van der Waals surface area contributed by atoms with Crippen molar-refractivity contribution in [3.63, 3.8) is 0 Å². The number of nitrogens with zero attached hydrogens (tertiary/aromatic N) is 1. The summed E-state index contributed by atoms with van der Waals surface area (Å²) in [4.78, 5) is 28.5. The molecular formula is C15H17FN2O3. The molecule has 112 valence electrons. The lowest BCUT2D eigenvalue weighted by atomic mass is 10.1. The van der Waals surface area contributed by atoms with Crippen LogP contribution in [-0.2, 0) is 4.79 Å². The first-order chi connectivity index (χ1) is 9.88. The van der Waals surface area contributed by atoms with Gasteiger partial charge in [0.05, 0.1) is 18.1 Å². The SMILES string of the molecule is COc1ccc2[nH]cc(C(=O)C(=O)N(C)C(C)C)c2c1F. The number of halogens is 1. The number of rotatable bonds is 4. The van der Waals surface area contributed by atoms with Crippen LogP contribution < -0.4 is 4.74 Å². The minimum absolute atomic E-state index is 0.0129. The summed E-state index contributed by atoms with van der Waals surface area (Å²) in [5.41, 5.74) is 0.454. The maximum absolute atomic E-state index is 14.3. The standard InChI is InChI=1S/C15H17FN2O3/c1-8(2)18(3)15(20)14(19)9-7-17-10-5-6-11(21-4)13(16)12(9)10/h5-8,17H,1-4H3. The van der Waals surface area contributed by atoms with Gasteiger partial charge < -0.3 is 14.6 Å². The van der Waals surface area contributed by atoms with Crippen LogP contribution in [0.5, 0.6) is 5.75 Å². The fraction of sp³-hybridized carbons (Fsp3) is 0.333. The maximum Gasteiger partial charge on any atom is 0.295 e. The van der Waals surface area contributed by atoms with Gasteiger partial charge in [-0.1, -0.05) is 0 Å². The highest BCUT2D eigenvalue weighted by atomic mass is 19.1. The Morgan fingerprint density at radius 2 is 2.00 bits per heavy atom. The van der Waals surface area contributed by atoms with Crippen molar-refractivity contribution in [2.75, 3.05) is 14.2 Å². The smallest absolute Gasteiger partial charge is 0.295 e. The van der Waals surface area contributed by atoms with E-state index in [1.807, 2.05) is 0 Å². The zero-order valence-electron chi connectivity index (χ0n) is 12.4. The van der Waals surface area contributed by atoms with Crippen LogP contribution in [0.15, 0.2) is 18.3 Å². The average Bonchev–Trinajstić information content (AvgIpc) is 2.90. The van der Waals surface area contributed by atoms with Gasteiger partial charge in [-0.25, -0.2) is 4.39 Å². The molecule has 1 N–H and O–H groups in total. The fourth-order valence-electron chi connectivity index (χ4n) is 2.01. The Labute approximate surface area is 121 Å². The van der Waals surface area contributed by atoms with Crippen molar-refractivity contribution in [2.24, 2.45) is 0 Å². The van der Waals surface area contributed by atoms with Crippen molar-refractivity contribution in [3.05, 3.63) is 29.7 Å². The molecule has 1 heterocycles. The fourth-order valence-corrected chi connectivity index (χ4v) is 2.01. The van der Waals surface area contributed by atoms with Gasteiger partial charge in [-0.3, -0.25) is 9.59 Å². The Morgan fingerprint density at radius 3 is 2.57 bits per heavy atom. The third kappa shape index (κ3) is 2.49. The Bertz CT molecular complexity index is 706. The van der Waals surface area contributed by atoms with Gasteiger partial charge in [0.1, 0.15) is 0 Å². The molecule has 0 atom stereocenters. The molecular weight excluding hydrogens is 275 g/mol. The number of ketones is 1. The lowest BCUT2D eigenvalue weighted by Gasteiger charge is -2.20. The Kier molecular flexibility index (Phi) is 3.97. The second-order valence-corrected chi connectivity index (χ2v) is 5.05. The molecule has 0 spiro atoms. The number of carbonyl (C=O) groups excluding carboxylic acids is 2. The first-order valence-electron chi connectivity index (χ1n) is 6.53. The van der Waals surface area contributed by atoms with Crippen LogP contribution in [0.2, 0.25) is 0 Å². The molecule has 2 rings (SSSR count). The molecule has 5 nitrogen and oxygen atoms in total. The Morgan fingerprint density at radius 1 is 1.33 bits per heavy atom. The second-order valence-electron chi connectivity index (χ2n) is 5.05. The topological polar surface area (TPSA) is 62.4 Å². The molecule has 1 aromatic heterocycles. The van der Waals surface area contributed by atoms with Crippen LogP contribution in [0.3, 0.4) is 0 Å². The van der Waals surface area contributed by atoms with E-state index in [9.17, 15) is 14.0 Å². The van der Waals surface area contributed by atoms with Gasteiger partial charge in [0.25, 0.3) is 11.7 Å². The number of fused-ring (bicyclic) bond motifs is 1. The minimum Gasteiger partial charge on any atom is -0.494 e. The molecule has 0 bridgehead atoms. The summed E-state index contributed by atoms with van der Waals surface area (Å²) >= 11 is 0. The van der Waals surface area contributed by atoms with E-state index in [0.717, 1.165) is 0 Å². The van der Waals surface area contributed by atoms with Crippen molar-refractivity contribution in [1.82, 2.24) is 9.88 Å². The van der Waals surface area contributed by atoms with Crippen LogP contribution in [-0.4, -0.2) is 41.8 Å². The van der Waals surface area contributed by atoms with Gasteiger partial charge in [-0.15, -0.1) is 0 Å². The summed E-state index contributed by atoms with van der Waals surface area (Å²) < 4.78 is 19.2. The molecule has 0 saturated carbocycles. The number of aromatic amines is 1. The van der Waals surface area contributed by atoms with E-state index in [2.05, 4.69) is 4.98 Å². The molecule has 0 saturated heterocycles. The molecule has 0 fully saturated rings. The first kappa shape index (κ1) is 15.0. The number of nitrogens with one attached hydrogen (secondary N) is 1. The maximum atomic E-state index is 14.3. The third-order valence-electron chi connectivity index (χ3n) is 3.50. The molecule has 0 radical (unpaired) electrons. The van der Waals surface area contributed by atoms with Crippen molar-refractivity contribution >= 4 is 22.6 Å². The zero-order valence-corrected chi connectivity index (χ0v) is 12.4. The summed E-state index contributed by atoms with van der Waals surface area (Å²) in [6.45, 7) is 3.59. The number of likely N-dealkylation sites (N-methyl/N-ethyl adjacent to an activating group) is 1. The van der Waals surface area contributed by atoms with E-state index in [1.54, 1.807) is 19.9 Å². The second kappa shape index (κ2) is 5.55. The summed E-state index contributed by atoms with van der Waals surface area (Å²) in [6.07, 6.45) is 1.35. The molecule has 21 heavy (non-hydrogen) atoms. The van der Waals surface area contributed by atoms with E-state index in [-0.39, 0.29) is 22.7 Å². The van der Waals surface area contributed by atoms with Crippen LogP contribution in [0.25, 0.3) is 10.9 Å². The van der Waals surface area contributed by atoms with Gasteiger partial charge in [-0.05, 0) is 26.0 Å². The van der Waals surface area contributed by atoms with E-state index in [0.29, 0.717) is 5.52 Å². The van der Waals surface area contributed by atoms with Crippen molar-refractivity contribution < 1.29 is 18.7 Å². The van der Waals surface area contributed by atoms with Gasteiger partial charge in [0.2, 0.25) is 0 Å². The number of H-pyrrole nitrogens is 1. The van der Waals surface area contributed by atoms with E-state index >= 15 is 0 Å². The number of hydrogen-bond acceptors (Lipinski definition) is 3. The predicted molar refractivity (Wildman–Crippen MR) is 77.0 cm³/mol. The normalized spacial score (nSPS) is 11.0. The molecule has 0 unspecified atom stereocenters. The molecule has 2 aromatic rings. The number of carbonyl (C=O) groups is 2. The first-order valence-corrected chi connectivity index (χ1v) is 6.53. The largest absolute Gasteiger partial charge is 0.494 e. The molecule has 6 heteroatoms. The molecule has 0 aliphatic heterocycles. The molecule has 1 amide bonds. The molecule has 0 aliphatic carbocycles. The highest BCUT2D eigenvalue weighted by Gasteiger charge is 2.26. The van der Waals surface area contributed by atoms with Crippen LogP contribution >= 0.6 is 0 Å². The van der Waals surface area contributed by atoms with Crippen molar-refractivity contribution in [2.45, 2.75) is 19.9 Å². The van der Waals surface area contributed by atoms with E-state index in [1.165, 1.54) is 31.3 Å². The third-order valence-corrected chi connectivity index (χ3v) is 3.50. The van der Waals surface area contributed by atoms with Crippen molar-refractivity contribution in [1.29, 1.82) is 0 Å². The van der Waals surface area contributed by atoms with E-state index in [4.69, 9.17) is 4.74 Å². The lowest BCUT2D eigenvalue weighted by molar-refractivity contribution is -0.126. The minimum atomic E-state index is -0.746. The zero-order chi connectivity index (χ0) is 15.7. The Hall–Kier alpha value is -2.37. The predicted octanol–water partition coefficient (Wildman–Crippen LogP) is 2.37. The summed E-state index contributed by atoms with van der Waals surface area (Å²) in [5.74, 6) is -2.04. The summed E-state index contributed by atoms with van der Waals surface area (Å²) in [7, 11) is 2.88. The van der Waals surface area contributed by atoms with Gasteiger partial charge in [-0.2, -0.15) is 0 Å². The van der Waals surface area contributed by atoms with Gasteiger partial charge >= 0.3 is 0 Å². The van der Waals surface area contributed by atoms with Gasteiger partial charge in [0, 0.05) is 24.8 Å². The summed E-state index contributed by atoms with van der Waals surface area (Å²) in [6, 6.07) is 2.95. The van der Waals surface area contributed by atoms with E-state index < -0.39 is 17.5 Å². The molecule has 0 aliphatic rings. The lowest BCUT2D eigenvalue weighted by Crippen LogP contribution is -2.38. The quantitative estimate of drug-likeness (QED) is 0.695. The highest BCUT2D eigenvalue weighted by molar-refractivity contribution is 6.44. The highest BCUT2D eigenvalue weighted by Crippen LogP contribution is 2.29. The Balaban J connectivity index is 2.52. The number of aromatic nitrogens is 1. The van der Waals surface area contributed by atoms with Crippen LogP contribution in [0.4, 0.5) is 4.39 Å². The number of amides is 1. The number of Topliss-reactive ketones (excluding diaryl/α,β-unsaturated/α-hetero) is 1. The average molecular weight is 292 g/mol.